The summed E-state index contributed by atoms with van der Waals surface area (Å²) >= 11 is 3.00. The number of nitrogens with one attached hydrogen (secondary N) is 3. The Bertz CT molecular complexity index is 680. The molecule has 2 aromatic rings. The molecule has 1 aliphatic rings. The van der Waals surface area contributed by atoms with Gasteiger partial charge in [-0.05, 0) is 13.0 Å². The fourth-order valence-corrected chi connectivity index (χ4v) is 3.85. The molecule has 2 amide bonds. The average molecular weight is 475 g/mol. The molecule has 3 rings (SSSR count). The van der Waals surface area contributed by atoms with Gasteiger partial charge in [-0.3, -0.25) is 9.59 Å². The zero-order valence-corrected chi connectivity index (χ0v) is 18.4. The normalized spacial score (nSPS) is 17.8. The zero-order chi connectivity index (χ0) is 16.8. The predicted molar refractivity (Wildman–Crippen MR) is 114 cm³/mol. The average Bonchev–Trinajstić information content (AvgIpc) is 3.32. The summed E-state index contributed by atoms with van der Waals surface area (Å²) in [6.07, 6.45) is 4.25. The third-order valence-electron chi connectivity index (χ3n) is 4.03. The van der Waals surface area contributed by atoms with Crippen LogP contribution < -0.4 is 16.0 Å². The lowest BCUT2D eigenvalue weighted by Gasteiger charge is -2.26. The van der Waals surface area contributed by atoms with E-state index in [1.54, 1.807) is 12.4 Å². The maximum Gasteiger partial charge on any atom is 0.228 e. The minimum absolute atomic E-state index is 0. The molecule has 1 unspecified atom stereocenters. The van der Waals surface area contributed by atoms with E-state index in [1.165, 1.54) is 22.7 Å². The third kappa shape index (κ3) is 7.17. The Labute approximate surface area is 184 Å². The number of rotatable bonds is 7. The Balaban J connectivity index is 0.00000225. The molecule has 0 aromatic carbocycles. The van der Waals surface area contributed by atoms with Crippen LogP contribution in [0.1, 0.15) is 22.9 Å². The first kappa shape index (κ1) is 26.0. The zero-order valence-electron chi connectivity index (χ0n) is 14.3. The summed E-state index contributed by atoms with van der Waals surface area (Å²) in [5.41, 5.74) is -0.690. The summed E-state index contributed by atoms with van der Waals surface area (Å²) < 4.78 is 0. The second kappa shape index (κ2) is 12.5. The summed E-state index contributed by atoms with van der Waals surface area (Å²) in [5.74, 6) is -0.217. The Morgan fingerprint density at radius 1 is 1.04 bits per heavy atom. The van der Waals surface area contributed by atoms with Gasteiger partial charge in [-0.2, -0.15) is 0 Å². The SMILES string of the molecule is Cl.Cl.Cl.O=C(CC1(C(=O)NCc2nccs2)CCNC1)NCc1nccs1. The minimum Gasteiger partial charge on any atom is -0.350 e. The molecule has 1 fully saturated rings. The van der Waals surface area contributed by atoms with E-state index >= 15 is 0 Å². The first-order chi connectivity index (χ1) is 11.7. The summed E-state index contributed by atoms with van der Waals surface area (Å²) in [6.45, 7) is 2.06. The van der Waals surface area contributed by atoms with Crippen molar-refractivity contribution in [1.29, 1.82) is 0 Å². The van der Waals surface area contributed by atoms with Crippen LogP contribution in [0.5, 0.6) is 0 Å². The molecule has 0 saturated carbocycles. The van der Waals surface area contributed by atoms with Crippen LogP contribution in [-0.4, -0.2) is 34.9 Å². The van der Waals surface area contributed by atoms with E-state index in [9.17, 15) is 9.59 Å². The first-order valence-electron chi connectivity index (χ1n) is 7.70. The van der Waals surface area contributed by atoms with Crippen LogP contribution in [0.4, 0.5) is 0 Å². The van der Waals surface area contributed by atoms with Crippen molar-refractivity contribution in [3.05, 3.63) is 33.2 Å². The Kier molecular flexibility index (Phi) is 12.0. The second-order valence-electron chi connectivity index (χ2n) is 5.69. The van der Waals surface area contributed by atoms with E-state index in [4.69, 9.17) is 0 Å². The fourth-order valence-electron chi connectivity index (χ4n) is 2.74. The smallest absolute Gasteiger partial charge is 0.228 e. The van der Waals surface area contributed by atoms with Crippen LogP contribution in [0.15, 0.2) is 23.2 Å². The number of carbonyl (C=O) groups excluding carboxylic acids is 2. The molecule has 1 aliphatic heterocycles. The van der Waals surface area contributed by atoms with Gasteiger partial charge in [0.05, 0.1) is 18.5 Å². The molecule has 0 radical (unpaired) electrons. The van der Waals surface area contributed by atoms with E-state index in [1.807, 2.05) is 10.8 Å². The van der Waals surface area contributed by atoms with Gasteiger partial charge in [0, 0.05) is 36.1 Å². The Morgan fingerprint density at radius 3 is 2.11 bits per heavy atom. The summed E-state index contributed by atoms with van der Waals surface area (Å²) in [6, 6.07) is 0. The molecule has 152 valence electrons. The molecule has 3 heterocycles. The highest BCUT2D eigenvalue weighted by atomic mass is 35.5. The van der Waals surface area contributed by atoms with Gasteiger partial charge in [0.1, 0.15) is 10.0 Å². The van der Waals surface area contributed by atoms with E-state index in [0.717, 1.165) is 16.6 Å². The molecule has 27 heavy (non-hydrogen) atoms. The van der Waals surface area contributed by atoms with Crippen molar-refractivity contribution in [2.24, 2.45) is 5.41 Å². The molecule has 1 saturated heterocycles. The van der Waals surface area contributed by atoms with Gasteiger partial charge in [-0.15, -0.1) is 59.9 Å². The molecular weight excluding hydrogens is 453 g/mol. The molecule has 0 bridgehead atoms. The van der Waals surface area contributed by atoms with E-state index in [0.29, 0.717) is 26.1 Å². The topological polar surface area (TPSA) is 96.0 Å². The highest BCUT2D eigenvalue weighted by Crippen LogP contribution is 2.30. The van der Waals surface area contributed by atoms with Crippen LogP contribution in [-0.2, 0) is 22.7 Å². The monoisotopic (exact) mass is 473 g/mol. The standard InChI is InChI=1S/C15H19N5O2S2.3ClH/c21-11(19-8-12-17-3-5-23-12)7-15(1-2-16-10-15)14(22)20-9-13-18-4-6-24-13;;;/h3-6,16H,1-2,7-10H2,(H,19,21)(H,20,22);3*1H. The van der Waals surface area contributed by atoms with Crippen LogP contribution in [0.25, 0.3) is 0 Å². The lowest BCUT2D eigenvalue weighted by molar-refractivity contribution is -0.135. The van der Waals surface area contributed by atoms with Crippen LogP contribution >= 0.6 is 59.9 Å². The van der Waals surface area contributed by atoms with Crippen molar-refractivity contribution in [2.45, 2.75) is 25.9 Å². The lowest BCUT2D eigenvalue weighted by Crippen LogP contribution is -2.45. The summed E-state index contributed by atoms with van der Waals surface area (Å²) in [7, 11) is 0. The van der Waals surface area contributed by atoms with Crippen molar-refractivity contribution in [3.63, 3.8) is 0 Å². The number of carbonyl (C=O) groups is 2. The molecule has 7 nitrogen and oxygen atoms in total. The first-order valence-corrected chi connectivity index (χ1v) is 9.46. The fraction of sp³-hybridized carbons (Fsp3) is 0.467. The van der Waals surface area contributed by atoms with E-state index < -0.39 is 5.41 Å². The Hall–Kier alpha value is -0.970. The van der Waals surface area contributed by atoms with Crippen molar-refractivity contribution < 1.29 is 9.59 Å². The van der Waals surface area contributed by atoms with Crippen molar-refractivity contribution in [2.75, 3.05) is 13.1 Å². The number of hydrogen-bond acceptors (Lipinski definition) is 7. The number of aromatic nitrogens is 2. The molecule has 3 N–H and O–H groups in total. The molecular formula is C15H22Cl3N5O2S2. The number of hydrogen-bond donors (Lipinski definition) is 3. The number of halogens is 3. The Morgan fingerprint density at radius 2 is 1.63 bits per heavy atom. The number of amides is 2. The lowest BCUT2D eigenvalue weighted by atomic mass is 9.82. The summed E-state index contributed by atoms with van der Waals surface area (Å²) in [5, 5.41) is 14.4. The molecule has 1 atom stereocenters. The van der Waals surface area contributed by atoms with Gasteiger partial charge < -0.3 is 16.0 Å². The molecule has 0 aliphatic carbocycles. The van der Waals surface area contributed by atoms with E-state index in [-0.39, 0.29) is 55.5 Å². The second-order valence-corrected chi connectivity index (χ2v) is 7.65. The number of thiazole rings is 2. The van der Waals surface area contributed by atoms with Gasteiger partial charge in [0.2, 0.25) is 11.8 Å². The highest BCUT2D eigenvalue weighted by Gasteiger charge is 2.42. The van der Waals surface area contributed by atoms with Crippen molar-refractivity contribution >= 4 is 71.7 Å². The molecule has 2 aromatic heterocycles. The van der Waals surface area contributed by atoms with Crippen molar-refractivity contribution in [1.82, 2.24) is 25.9 Å². The third-order valence-corrected chi connectivity index (χ3v) is 5.59. The molecule has 12 heteroatoms. The maximum atomic E-state index is 12.7. The summed E-state index contributed by atoms with van der Waals surface area (Å²) in [4.78, 5) is 33.2. The van der Waals surface area contributed by atoms with Crippen LogP contribution in [0, 0.1) is 5.41 Å². The highest BCUT2D eigenvalue weighted by molar-refractivity contribution is 7.09. The van der Waals surface area contributed by atoms with Gasteiger partial charge in [0.15, 0.2) is 0 Å². The van der Waals surface area contributed by atoms with Gasteiger partial charge in [-0.1, -0.05) is 0 Å². The van der Waals surface area contributed by atoms with Gasteiger partial charge >= 0.3 is 0 Å². The van der Waals surface area contributed by atoms with Crippen molar-refractivity contribution in [3.8, 4) is 0 Å². The number of nitrogens with zero attached hydrogens (tertiary/aromatic N) is 2. The largest absolute Gasteiger partial charge is 0.350 e. The van der Waals surface area contributed by atoms with Gasteiger partial charge in [0.25, 0.3) is 0 Å². The quantitative estimate of drug-likeness (QED) is 0.571. The maximum absolute atomic E-state index is 12.7. The van der Waals surface area contributed by atoms with Crippen LogP contribution in [0.3, 0.4) is 0 Å². The van der Waals surface area contributed by atoms with Crippen LogP contribution in [0.2, 0.25) is 0 Å². The van der Waals surface area contributed by atoms with E-state index in [2.05, 4.69) is 25.9 Å². The predicted octanol–water partition coefficient (Wildman–Crippen LogP) is 2.17. The minimum atomic E-state index is -0.690. The molecule has 0 spiro atoms. The van der Waals surface area contributed by atoms with Gasteiger partial charge in [-0.25, -0.2) is 9.97 Å².